The second kappa shape index (κ2) is 5.59. The minimum atomic E-state index is 0.329. The number of hydrogen-bond acceptors (Lipinski definition) is 2. The minimum absolute atomic E-state index is 0.329. The van der Waals surface area contributed by atoms with Gasteiger partial charge in [-0.25, -0.2) is 0 Å². The number of rotatable bonds is 3. The third-order valence-electron chi connectivity index (χ3n) is 2.91. The van der Waals surface area contributed by atoms with Crippen LogP contribution in [-0.4, -0.2) is 4.99 Å². The van der Waals surface area contributed by atoms with Gasteiger partial charge in [0, 0.05) is 22.0 Å². The van der Waals surface area contributed by atoms with Gasteiger partial charge in [0.15, 0.2) is 0 Å². The number of thiocarbonyl (C=S) groups is 1. The minimum Gasteiger partial charge on any atom is -0.389 e. The molecule has 3 N–H and O–H groups in total. The molecule has 0 amide bonds. The molecule has 2 aromatic rings. The van der Waals surface area contributed by atoms with Crippen molar-refractivity contribution >= 4 is 40.2 Å². The molecular formula is C15H15ClN2S. The molecule has 0 saturated carbocycles. The summed E-state index contributed by atoms with van der Waals surface area (Å²) in [6.45, 7) is 4.11. The van der Waals surface area contributed by atoms with Crippen LogP contribution in [0.25, 0.3) is 0 Å². The van der Waals surface area contributed by atoms with Crippen LogP contribution < -0.4 is 11.1 Å². The number of hydrogen-bond donors (Lipinski definition) is 2. The van der Waals surface area contributed by atoms with E-state index in [-0.39, 0.29) is 0 Å². The summed E-state index contributed by atoms with van der Waals surface area (Å²) >= 11 is 11.0. The van der Waals surface area contributed by atoms with Gasteiger partial charge in [-0.15, -0.1) is 0 Å². The zero-order chi connectivity index (χ0) is 14.0. The average molecular weight is 291 g/mol. The predicted octanol–water partition coefficient (Wildman–Crippen LogP) is 4.33. The molecule has 2 nitrogen and oxygen atoms in total. The summed E-state index contributed by atoms with van der Waals surface area (Å²) in [5.74, 6) is 0. The van der Waals surface area contributed by atoms with Crippen molar-refractivity contribution in [2.45, 2.75) is 13.8 Å². The number of anilines is 2. The molecule has 4 heteroatoms. The van der Waals surface area contributed by atoms with E-state index in [4.69, 9.17) is 29.6 Å². The Morgan fingerprint density at radius 1 is 1.11 bits per heavy atom. The first kappa shape index (κ1) is 13.8. The van der Waals surface area contributed by atoms with E-state index in [2.05, 4.69) is 37.4 Å². The maximum absolute atomic E-state index is 5.98. The Balaban J connectivity index is 2.43. The molecule has 0 saturated heterocycles. The number of halogens is 1. The third kappa shape index (κ3) is 3.25. The molecule has 98 valence electrons. The number of aryl methyl sites for hydroxylation is 2. The highest BCUT2D eigenvalue weighted by Gasteiger charge is 2.08. The van der Waals surface area contributed by atoms with Crippen molar-refractivity contribution in [3.05, 3.63) is 58.1 Å². The van der Waals surface area contributed by atoms with E-state index in [1.54, 1.807) is 6.07 Å². The normalized spacial score (nSPS) is 10.3. The molecule has 2 rings (SSSR count). The Labute approximate surface area is 123 Å². The fourth-order valence-corrected chi connectivity index (χ4v) is 2.19. The van der Waals surface area contributed by atoms with Crippen LogP contribution in [-0.2, 0) is 0 Å². The first-order chi connectivity index (χ1) is 8.97. The SMILES string of the molecule is Cc1ccc(C)c(Nc2ccc(Cl)cc2C(N)=S)c1. The van der Waals surface area contributed by atoms with Crippen LogP contribution in [0.3, 0.4) is 0 Å². The average Bonchev–Trinajstić information content (AvgIpc) is 2.35. The molecule has 0 aliphatic rings. The van der Waals surface area contributed by atoms with Crippen LogP contribution in [0.4, 0.5) is 11.4 Å². The van der Waals surface area contributed by atoms with Crippen molar-refractivity contribution in [3.8, 4) is 0 Å². The Kier molecular flexibility index (Phi) is 4.08. The Bertz CT molecular complexity index is 638. The monoisotopic (exact) mass is 290 g/mol. The molecule has 0 fully saturated rings. The maximum Gasteiger partial charge on any atom is 0.106 e. The first-order valence-corrected chi connectivity index (χ1v) is 6.69. The number of nitrogens with two attached hydrogens (primary N) is 1. The summed E-state index contributed by atoms with van der Waals surface area (Å²) in [5, 5.41) is 3.98. The maximum atomic E-state index is 5.98. The van der Waals surface area contributed by atoms with Crippen molar-refractivity contribution in [3.63, 3.8) is 0 Å². The van der Waals surface area contributed by atoms with Crippen LogP contribution in [0.2, 0.25) is 5.02 Å². The lowest BCUT2D eigenvalue weighted by atomic mass is 10.1. The quantitative estimate of drug-likeness (QED) is 0.826. The van der Waals surface area contributed by atoms with Gasteiger partial charge in [-0.1, -0.05) is 36.0 Å². The summed E-state index contributed by atoms with van der Waals surface area (Å²) in [5.41, 5.74) is 10.8. The Morgan fingerprint density at radius 3 is 2.53 bits per heavy atom. The molecule has 0 spiro atoms. The smallest absolute Gasteiger partial charge is 0.106 e. The highest BCUT2D eigenvalue weighted by Crippen LogP contribution is 2.26. The highest BCUT2D eigenvalue weighted by atomic mass is 35.5. The van der Waals surface area contributed by atoms with Gasteiger partial charge in [-0.05, 0) is 49.2 Å². The highest BCUT2D eigenvalue weighted by molar-refractivity contribution is 7.80. The van der Waals surface area contributed by atoms with E-state index < -0.39 is 0 Å². The van der Waals surface area contributed by atoms with Crippen LogP contribution in [0.1, 0.15) is 16.7 Å². The number of benzene rings is 2. The molecule has 0 aliphatic heterocycles. The fraction of sp³-hybridized carbons (Fsp3) is 0.133. The molecule has 0 radical (unpaired) electrons. The van der Waals surface area contributed by atoms with Gasteiger partial charge in [-0.3, -0.25) is 0 Å². The van der Waals surface area contributed by atoms with E-state index in [1.807, 2.05) is 12.1 Å². The van der Waals surface area contributed by atoms with Crippen LogP contribution >= 0.6 is 23.8 Å². The fourth-order valence-electron chi connectivity index (χ4n) is 1.84. The van der Waals surface area contributed by atoms with Gasteiger partial charge in [0.25, 0.3) is 0 Å². The Morgan fingerprint density at radius 2 is 1.84 bits per heavy atom. The molecule has 0 aliphatic carbocycles. The summed E-state index contributed by atoms with van der Waals surface area (Å²) in [6, 6.07) is 11.7. The largest absolute Gasteiger partial charge is 0.389 e. The van der Waals surface area contributed by atoms with E-state index in [0.717, 1.165) is 22.5 Å². The zero-order valence-electron chi connectivity index (χ0n) is 10.8. The lowest BCUT2D eigenvalue weighted by molar-refractivity contribution is 1.37. The van der Waals surface area contributed by atoms with E-state index in [1.165, 1.54) is 5.56 Å². The van der Waals surface area contributed by atoms with Crippen LogP contribution in [0, 0.1) is 13.8 Å². The van der Waals surface area contributed by atoms with E-state index in [0.29, 0.717) is 10.0 Å². The Hall–Kier alpha value is -1.58. The third-order valence-corrected chi connectivity index (χ3v) is 3.36. The second-order valence-electron chi connectivity index (χ2n) is 4.50. The molecule has 19 heavy (non-hydrogen) atoms. The standard InChI is InChI=1S/C15H15ClN2S/c1-9-3-4-10(2)14(7-9)18-13-6-5-11(16)8-12(13)15(17)19/h3-8,18H,1-2H3,(H2,17,19). The van der Waals surface area contributed by atoms with Crippen molar-refractivity contribution in [1.29, 1.82) is 0 Å². The van der Waals surface area contributed by atoms with Gasteiger partial charge in [-0.2, -0.15) is 0 Å². The van der Waals surface area contributed by atoms with Crippen LogP contribution in [0.15, 0.2) is 36.4 Å². The molecule has 0 atom stereocenters. The van der Waals surface area contributed by atoms with Crippen LogP contribution in [0.5, 0.6) is 0 Å². The molecule has 0 aromatic heterocycles. The summed E-state index contributed by atoms with van der Waals surface area (Å²) in [6.07, 6.45) is 0. The molecule has 0 bridgehead atoms. The van der Waals surface area contributed by atoms with Gasteiger partial charge < -0.3 is 11.1 Å². The van der Waals surface area contributed by atoms with Crippen molar-refractivity contribution < 1.29 is 0 Å². The number of nitrogens with one attached hydrogen (secondary N) is 1. The van der Waals surface area contributed by atoms with Gasteiger partial charge in [0.05, 0.1) is 0 Å². The topological polar surface area (TPSA) is 38.0 Å². The molecular weight excluding hydrogens is 276 g/mol. The second-order valence-corrected chi connectivity index (χ2v) is 5.37. The molecule has 0 unspecified atom stereocenters. The lowest BCUT2D eigenvalue weighted by Crippen LogP contribution is -2.12. The van der Waals surface area contributed by atoms with E-state index >= 15 is 0 Å². The van der Waals surface area contributed by atoms with E-state index in [9.17, 15) is 0 Å². The van der Waals surface area contributed by atoms with Gasteiger partial charge >= 0.3 is 0 Å². The summed E-state index contributed by atoms with van der Waals surface area (Å²) < 4.78 is 0. The van der Waals surface area contributed by atoms with Crippen molar-refractivity contribution in [1.82, 2.24) is 0 Å². The molecule has 2 aromatic carbocycles. The summed E-state index contributed by atoms with van der Waals surface area (Å²) in [4.78, 5) is 0.329. The molecule has 0 heterocycles. The summed E-state index contributed by atoms with van der Waals surface area (Å²) in [7, 11) is 0. The lowest BCUT2D eigenvalue weighted by Gasteiger charge is -2.14. The van der Waals surface area contributed by atoms with Gasteiger partial charge in [0.2, 0.25) is 0 Å². The van der Waals surface area contributed by atoms with Gasteiger partial charge in [0.1, 0.15) is 4.99 Å². The van der Waals surface area contributed by atoms with Crippen molar-refractivity contribution in [2.75, 3.05) is 5.32 Å². The van der Waals surface area contributed by atoms with Crippen molar-refractivity contribution in [2.24, 2.45) is 5.73 Å². The zero-order valence-corrected chi connectivity index (χ0v) is 12.4. The first-order valence-electron chi connectivity index (χ1n) is 5.91. The predicted molar refractivity (Wildman–Crippen MR) is 86.5 cm³/mol.